The van der Waals surface area contributed by atoms with E-state index in [2.05, 4.69) is 24.1 Å². The molecule has 19 heavy (non-hydrogen) atoms. The standard InChI is InChI=1S/C15H30N2O2/c1-4-6-8-13-10-14(16-15(18)19-3)12-17(11-13)9-7-5-2/h13-14H,4-12H2,1-3H3,(H,16,18). The second-order valence-electron chi connectivity index (χ2n) is 5.69. The molecule has 1 saturated heterocycles. The smallest absolute Gasteiger partial charge is 0.407 e. The van der Waals surface area contributed by atoms with Gasteiger partial charge in [-0.15, -0.1) is 0 Å². The highest BCUT2D eigenvalue weighted by Gasteiger charge is 2.27. The number of hydrogen-bond acceptors (Lipinski definition) is 3. The lowest BCUT2D eigenvalue weighted by atomic mass is 9.90. The number of methoxy groups -OCH3 is 1. The number of hydrogen-bond donors (Lipinski definition) is 1. The third-order valence-electron chi connectivity index (χ3n) is 3.91. The molecule has 0 aromatic heterocycles. The number of likely N-dealkylation sites (tertiary alicyclic amines) is 1. The Morgan fingerprint density at radius 1 is 1.26 bits per heavy atom. The molecule has 1 heterocycles. The van der Waals surface area contributed by atoms with Crippen molar-refractivity contribution in [1.29, 1.82) is 0 Å². The highest BCUT2D eigenvalue weighted by molar-refractivity contribution is 5.67. The molecule has 1 aliphatic heterocycles. The van der Waals surface area contributed by atoms with Crippen LogP contribution < -0.4 is 5.32 Å². The van der Waals surface area contributed by atoms with Gasteiger partial charge in [-0.2, -0.15) is 0 Å². The van der Waals surface area contributed by atoms with Crippen molar-refractivity contribution in [3.63, 3.8) is 0 Å². The first-order valence-electron chi connectivity index (χ1n) is 7.76. The van der Waals surface area contributed by atoms with Crippen molar-refractivity contribution < 1.29 is 9.53 Å². The van der Waals surface area contributed by atoms with Gasteiger partial charge in [0.1, 0.15) is 0 Å². The second kappa shape index (κ2) is 9.18. The van der Waals surface area contributed by atoms with E-state index in [1.165, 1.54) is 45.8 Å². The SMILES string of the molecule is CCCCC1CC(NC(=O)OC)CN(CCCC)C1. The minimum Gasteiger partial charge on any atom is -0.453 e. The summed E-state index contributed by atoms with van der Waals surface area (Å²) >= 11 is 0. The fourth-order valence-corrected chi connectivity index (χ4v) is 2.90. The van der Waals surface area contributed by atoms with Crippen molar-refractivity contribution in [2.45, 2.75) is 58.4 Å². The van der Waals surface area contributed by atoms with E-state index in [9.17, 15) is 4.79 Å². The molecule has 0 spiro atoms. The number of nitrogens with zero attached hydrogens (tertiary/aromatic N) is 1. The molecule has 2 unspecified atom stereocenters. The summed E-state index contributed by atoms with van der Waals surface area (Å²) in [5, 5.41) is 2.98. The van der Waals surface area contributed by atoms with Gasteiger partial charge >= 0.3 is 6.09 Å². The molecule has 0 radical (unpaired) electrons. The molecular weight excluding hydrogens is 240 g/mol. The van der Waals surface area contributed by atoms with E-state index in [0.29, 0.717) is 5.92 Å². The second-order valence-corrected chi connectivity index (χ2v) is 5.69. The summed E-state index contributed by atoms with van der Waals surface area (Å²) in [6.07, 6.45) is 7.08. The Morgan fingerprint density at radius 2 is 2.00 bits per heavy atom. The van der Waals surface area contributed by atoms with E-state index in [0.717, 1.165) is 19.5 Å². The largest absolute Gasteiger partial charge is 0.453 e. The molecule has 2 atom stereocenters. The van der Waals surface area contributed by atoms with Gasteiger partial charge in [-0.25, -0.2) is 4.79 Å². The van der Waals surface area contributed by atoms with Gasteiger partial charge in [0, 0.05) is 19.1 Å². The molecule has 0 aliphatic carbocycles. The minimum absolute atomic E-state index is 0.250. The molecule has 1 aliphatic rings. The van der Waals surface area contributed by atoms with Crippen LogP contribution in [-0.2, 0) is 4.74 Å². The molecule has 4 heteroatoms. The summed E-state index contributed by atoms with van der Waals surface area (Å²) < 4.78 is 4.72. The van der Waals surface area contributed by atoms with E-state index in [-0.39, 0.29) is 12.1 Å². The molecule has 4 nitrogen and oxygen atoms in total. The van der Waals surface area contributed by atoms with E-state index < -0.39 is 0 Å². The predicted octanol–water partition coefficient (Wildman–Crippen LogP) is 3.02. The van der Waals surface area contributed by atoms with Gasteiger partial charge in [-0.05, 0) is 31.7 Å². The molecule has 1 rings (SSSR count). The first-order valence-corrected chi connectivity index (χ1v) is 7.76. The topological polar surface area (TPSA) is 41.6 Å². The summed E-state index contributed by atoms with van der Waals surface area (Å²) in [6, 6.07) is 0.250. The third-order valence-corrected chi connectivity index (χ3v) is 3.91. The summed E-state index contributed by atoms with van der Waals surface area (Å²) in [5.41, 5.74) is 0. The molecule has 112 valence electrons. The van der Waals surface area contributed by atoms with E-state index in [1.807, 2.05) is 0 Å². The van der Waals surface area contributed by atoms with E-state index in [4.69, 9.17) is 4.74 Å². The highest BCUT2D eigenvalue weighted by atomic mass is 16.5. The van der Waals surface area contributed by atoms with Crippen LogP contribution in [-0.4, -0.2) is 43.8 Å². The molecule has 0 aromatic rings. The Labute approximate surface area is 117 Å². The maximum absolute atomic E-state index is 11.4. The lowest BCUT2D eigenvalue weighted by Gasteiger charge is -2.38. The number of carbonyl (C=O) groups excluding carboxylic acids is 1. The monoisotopic (exact) mass is 270 g/mol. The minimum atomic E-state index is -0.295. The summed E-state index contributed by atoms with van der Waals surface area (Å²) in [4.78, 5) is 13.9. The zero-order valence-electron chi connectivity index (χ0n) is 12.8. The Balaban J connectivity index is 2.47. The normalized spacial score (nSPS) is 24.2. The van der Waals surface area contributed by atoms with Crippen LogP contribution in [0.15, 0.2) is 0 Å². The zero-order valence-corrected chi connectivity index (χ0v) is 12.8. The number of ether oxygens (including phenoxy) is 1. The molecule has 1 amide bonds. The Bertz CT molecular complexity index is 243. The van der Waals surface area contributed by atoms with Crippen LogP contribution >= 0.6 is 0 Å². The van der Waals surface area contributed by atoms with Crippen LogP contribution in [0.1, 0.15) is 52.4 Å². The summed E-state index contributed by atoms with van der Waals surface area (Å²) in [5.74, 6) is 0.715. The third kappa shape index (κ3) is 6.28. The Morgan fingerprint density at radius 3 is 2.63 bits per heavy atom. The van der Waals surface area contributed by atoms with E-state index >= 15 is 0 Å². The van der Waals surface area contributed by atoms with Crippen LogP contribution in [0.3, 0.4) is 0 Å². The van der Waals surface area contributed by atoms with Crippen LogP contribution in [0.4, 0.5) is 4.79 Å². The first-order chi connectivity index (χ1) is 9.19. The molecule has 0 saturated carbocycles. The number of amides is 1. The van der Waals surface area contributed by atoms with Crippen LogP contribution in [0, 0.1) is 5.92 Å². The summed E-state index contributed by atoms with van der Waals surface area (Å²) in [6.45, 7) is 7.78. The van der Waals surface area contributed by atoms with Crippen LogP contribution in [0.25, 0.3) is 0 Å². The van der Waals surface area contributed by atoms with Gasteiger partial charge in [-0.1, -0.05) is 33.1 Å². The number of carbonyl (C=O) groups is 1. The zero-order chi connectivity index (χ0) is 14.1. The molecule has 1 N–H and O–H groups in total. The Kier molecular flexibility index (Phi) is 7.87. The van der Waals surface area contributed by atoms with Crippen molar-refractivity contribution >= 4 is 6.09 Å². The molecule has 1 fully saturated rings. The maximum atomic E-state index is 11.4. The van der Waals surface area contributed by atoms with Gasteiger partial charge in [0.2, 0.25) is 0 Å². The molecule has 0 bridgehead atoms. The van der Waals surface area contributed by atoms with Crippen molar-refractivity contribution in [2.75, 3.05) is 26.7 Å². The number of piperidine rings is 1. The number of nitrogens with one attached hydrogen (secondary N) is 1. The number of unbranched alkanes of at least 4 members (excludes halogenated alkanes) is 2. The fourth-order valence-electron chi connectivity index (χ4n) is 2.90. The van der Waals surface area contributed by atoms with Crippen molar-refractivity contribution in [2.24, 2.45) is 5.92 Å². The average molecular weight is 270 g/mol. The average Bonchev–Trinajstić information content (AvgIpc) is 2.42. The van der Waals surface area contributed by atoms with Gasteiger partial charge in [-0.3, -0.25) is 0 Å². The van der Waals surface area contributed by atoms with Gasteiger partial charge in [0.15, 0.2) is 0 Å². The van der Waals surface area contributed by atoms with Gasteiger partial charge < -0.3 is 15.0 Å². The lowest BCUT2D eigenvalue weighted by Crippen LogP contribution is -2.51. The van der Waals surface area contributed by atoms with Gasteiger partial charge in [0.05, 0.1) is 7.11 Å². The lowest BCUT2D eigenvalue weighted by molar-refractivity contribution is 0.119. The number of alkyl carbamates (subject to hydrolysis) is 1. The van der Waals surface area contributed by atoms with Gasteiger partial charge in [0.25, 0.3) is 0 Å². The first kappa shape index (κ1) is 16.3. The highest BCUT2D eigenvalue weighted by Crippen LogP contribution is 2.22. The summed E-state index contributed by atoms with van der Waals surface area (Å²) in [7, 11) is 1.43. The number of rotatable bonds is 7. The fraction of sp³-hybridized carbons (Fsp3) is 0.933. The van der Waals surface area contributed by atoms with Crippen LogP contribution in [0.2, 0.25) is 0 Å². The van der Waals surface area contributed by atoms with Crippen molar-refractivity contribution in [1.82, 2.24) is 10.2 Å². The van der Waals surface area contributed by atoms with E-state index in [1.54, 1.807) is 0 Å². The quantitative estimate of drug-likeness (QED) is 0.773. The maximum Gasteiger partial charge on any atom is 0.407 e. The van der Waals surface area contributed by atoms with Crippen LogP contribution in [0.5, 0.6) is 0 Å². The molecular formula is C15H30N2O2. The predicted molar refractivity (Wildman–Crippen MR) is 78.3 cm³/mol. The molecule has 0 aromatic carbocycles. The van der Waals surface area contributed by atoms with Crippen molar-refractivity contribution in [3.05, 3.63) is 0 Å². The van der Waals surface area contributed by atoms with Crippen molar-refractivity contribution in [3.8, 4) is 0 Å². The Hall–Kier alpha value is -0.770.